The third-order valence-corrected chi connectivity index (χ3v) is 9.05. The van der Waals surface area contributed by atoms with Gasteiger partial charge in [-0.25, -0.2) is 0 Å². The number of piperazine rings is 1. The van der Waals surface area contributed by atoms with Crippen LogP contribution in [0.2, 0.25) is 0 Å². The molecule has 4 heterocycles. The Morgan fingerprint density at radius 3 is 2.54 bits per heavy atom. The highest BCUT2D eigenvalue weighted by atomic mass is 16.7. The first-order valence-corrected chi connectivity index (χ1v) is 12.5. The minimum absolute atomic E-state index is 0.0355. The number of nitrogens with zero attached hydrogens (tertiary/aromatic N) is 3. The number of likely N-dealkylation sites (N-methyl/N-ethyl adjacent to an activating group) is 1. The molecule has 4 aliphatic rings. The van der Waals surface area contributed by atoms with Crippen LogP contribution in [0.3, 0.4) is 0 Å². The molecule has 35 heavy (non-hydrogen) atoms. The summed E-state index contributed by atoms with van der Waals surface area (Å²) in [5, 5.41) is 21.9. The molecular weight excluding hydrogens is 442 g/mol. The Labute approximate surface area is 206 Å². The number of fused-ring (bicyclic) bond motifs is 9. The van der Waals surface area contributed by atoms with Crippen LogP contribution in [0.4, 0.5) is 0 Å². The third-order valence-electron chi connectivity index (χ3n) is 9.05. The van der Waals surface area contributed by atoms with Crippen LogP contribution < -0.4 is 14.2 Å². The summed E-state index contributed by atoms with van der Waals surface area (Å²) in [6.07, 6.45) is 2.36. The van der Waals surface area contributed by atoms with Crippen molar-refractivity contribution in [2.24, 2.45) is 0 Å². The number of phenolic OH excluding ortho intramolecular Hbond substituents is 1. The Kier molecular flexibility index (Phi) is 5.00. The predicted molar refractivity (Wildman–Crippen MR) is 131 cm³/mol. The zero-order chi connectivity index (χ0) is 24.8. The lowest BCUT2D eigenvalue weighted by Crippen LogP contribution is -2.68. The van der Waals surface area contributed by atoms with Crippen molar-refractivity contribution in [3.05, 3.63) is 45.0 Å². The molecule has 2 aromatic rings. The van der Waals surface area contributed by atoms with Crippen molar-refractivity contribution >= 4 is 0 Å². The lowest BCUT2D eigenvalue weighted by Gasteiger charge is -2.60. The van der Waals surface area contributed by atoms with E-state index in [9.17, 15) is 10.4 Å². The standard InChI is InChI=1S/C28H33N3O4/c1-7-18-23-17(14(3)15(4)27-28(23)35-12-34-27)10-20-24-22-16(8-13(2)26(33-6)25(22)32)9-19(30(24)5)21(11-29)31(18)20/h8,18-21,24,32H,7,9-10,12H2,1-6H3/t18-,19-,20?,21-,24-/m0/s1. The molecule has 0 amide bonds. The number of phenols is 1. The molecule has 0 aromatic heterocycles. The first-order chi connectivity index (χ1) is 16.8. The maximum Gasteiger partial charge on any atom is 0.231 e. The molecule has 0 radical (unpaired) electrons. The van der Waals surface area contributed by atoms with Crippen molar-refractivity contribution in [3.63, 3.8) is 0 Å². The van der Waals surface area contributed by atoms with E-state index in [1.54, 1.807) is 7.11 Å². The van der Waals surface area contributed by atoms with Gasteiger partial charge < -0.3 is 19.3 Å². The monoisotopic (exact) mass is 475 g/mol. The predicted octanol–water partition coefficient (Wildman–Crippen LogP) is 4.24. The highest BCUT2D eigenvalue weighted by molar-refractivity contribution is 5.63. The summed E-state index contributed by atoms with van der Waals surface area (Å²) in [4.78, 5) is 4.77. The Hall–Kier alpha value is -2.95. The molecule has 1 unspecified atom stereocenters. The Bertz CT molecular complexity index is 1280. The fourth-order valence-electron chi connectivity index (χ4n) is 7.44. The number of nitriles is 1. The largest absolute Gasteiger partial charge is 0.504 e. The SMILES string of the molecule is CC[C@H]1c2c(c(C)c(C)c3c2OCO3)CC2[C@H]3c4c(cc(C)c(OC)c4O)C[C@@H]([C@H](C#N)N21)N3C. The maximum absolute atomic E-state index is 11.4. The molecule has 7 nitrogen and oxygen atoms in total. The molecule has 5 atom stereocenters. The van der Waals surface area contributed by atoms with Gasteiger partial charge in [-0.15, -0.1) is 0 Å². The highest BCUT2D eigenvalue weighted by Gasteiger charge is 2.56. The summed E-state index contributed by atoms with van der Waals surface area (Å²) in [5.74, 6) is 2.49. The molecule has 2 aromatic carbocycles. The fraction of sp³-hybridized carbons (Fsp3) is 0.536. The normalized spacial score (nSPS) is 28.7. The van der Waals surface area contributed by atoms with Crippen molar-refractivity contribution < 1.29 is 19.3 Å². The molecule has 7 heteroatoms. The Morgan fingerprint density at radius 2 is 1.86 bits per heavy atom. The number of benzene rings is 2. The topological polar surface area (TPSA) is 78.2 Å². The molecular formula is C28H33N3O4. The van der Waals surface area contributed by atoms with E-state index in [4.69, 9.17) is 14.2 Å². The van der Waals surface area contributed by atoms with Gasteiger partial charge in [-0.3, -0.25) is 9.80 Å². The van der Waals surface area contributed by atoms with Crippen LogP contribution >= 0.6 is 0 Å². The van der Waals surface area contributed by atoms with Crippen LogP contribution in [-0.2, 0) is 12.8 Å². The Morgan fingerprint density at radius 1 is 1.11 bits per heavy atom. The van der Waals surface area contributed by atoms with E-state index in [2.05, 4.69) is 49.8 Å². The quantitative estimate of drug-likeness (QED) is 0.696. The highest BCUT2D eigenvalue weighted by Crippen LogP contribution is 2.57. The van der Waals surface area contributed by atoms with E-state index in [0.29, 0.717) is 5.75 Å². The first kappa shape index (κ1) is 22.5. The van der Waals surface area contributed by atoms with Gasteiger partial charge in [-0.1, -0.05) is 13.0 Å². The van der Waals surface area contributed by atoms with Gasteiger partial charge in [0, 0.05) is 29.3 Å². The number of methoxy groups -OCH3 is 1. The van der Waals surface area contributed by atoms with Crippen LogP contribution in [0.15, 0.2) is 6.07 Å². The van der Waals surface area contributed by atoms with Crippen molar-refractivity contribution in [2.45, 2.75) is 77.2 Å². The second kappa shape index (κ2) is 7.78. The minimum Gasteiger partial charge on any atom is -0.504 e. The Balaban J connectivity index is 1.61. The van der Waals surface area contributed by atoms with Crippen molar-refractivity contribution in [2.75, 3.05) is 21.0 Å². The van der Waals surface area contributed by atoms with E-state index < -0.39 is 0 Å². The molecule has 1 fully saturated rings. The molecule has 0 aliphatic carbocycles. The van der Waals surface area contributed by atoms with Gasteiger partial charge in [0.15, 0.2) is 23.0 Å². The van der Waals surface area contributed by atoms with Gasteiger partial charge in [0.2, 0.25) is 6.79 Å². The number of hydrogen-bond acceptors (Lipinski definition) is 7. The first-order valence-electron chi connectivity index (χ1n) is 12.5. The van der Waals surface area contributed by atoms with Gasteiger partial charge in [-0.05, 0) is 74.9 Å². The van der Waals surface area contributed by atoms with Crippen LogP contribution in [0.25, 0.3) is 0 Å². The number of aryl methyl sites for hydroxylation is 1. The van der Waals surface area contributed by atoms with E-state index >= 15 is 0 Å². The van der Waals surface area contributed by atoms with E-state index in [0.717, 1.165) is 53.0 Å². The lowest BCUT2D eigenvalue weighted by atomic mass is 9.71. The van der Waals surface area contributed by atoms with E-state index in [1.807, 2.05) is 6.92 Å². The smallest absolute Gasteiger partial charge is 0.231 e. The zero-order valence-electron chi connectivity index (χ0n) is 21.3. The summed E-state index contributed by atoms with van der Waals surface area (Å²) < 4.78 is 17.5. The average Bonchev–Trinajstić information content (AvgIpc) is 3.32. The van der Waals surface area contributed by atoms with Gasteiger partial charge >= 0.3 is 0 Å². The van der Waals surface area contributed by atoms with Crippen LogP contribution in [0, 0.1) is 32.1 Å². The second-order valence-electron chi connectivity index (χ2n) is 10.5. The molecule has 0 saturated carbocycles. The average molecular weight is 476 g/mol. The van der Waals surface area contributed by atoms with Crippen LogP contribution in [0.1, 0.15) is 64.4 Å². The third kappa shape index (κ3) is 2.78. The van der Waals surface area contributed by atoms with Gasteiger partial charge in [0.25, 0.3) is 0 Å². The zero-order valence-corrected chi connectivity index (χ0v) is 21.3. The molecule has 2 bridgehead atoms. The van der Waals surface area contributed by atoms with Crippen molar-refractivity contribution in [3.8, 4) is 29.1 Å². The molecule has 0 spiro atoms. The number of ether oxygens (including phenoxy) is 3. The summed E-state index contributed by atoms with van der Waals surface area (Å²) in [6.45, 7) is 8.68. The van der Waals surface area contributed by atoms with Gasteiger partial charge in [0.1, 0.15) is 6.04 Å². The molecule has 4 aliphatic heterocycles. The number of rotatable bonds is 2. The number of aromatic hydroxyl groups is 1. The summed E-state index contributed by atoms with van der Waals surface area (Å²) in [6, 6.07) is 4.63. The molecule has 1 N–H and O–H groups in total. The van der Waals surface area contributed by atoms with E-state index in [1.165, 1.54) is 16.7 Å². The van der Waals surface area contributed by atoms with Gasteiger partial charge in [0.05, 0.1) is 19.2 Å². The minimum atomic E-state index is -0.267. The maximum atomic E-state index is 11.4. The van der Waals surface area contributed by atoms with E-state index in [-0.39, 0.29) is 42.8 Å². The lowest BCUT2D eigenvalue weighted by molar-refractivity contribution is -0.0735. The molecule has 6 rings (SSSR count). The number of hydrogen-bond donors (Lipinski definition) is 1. The van der Waals surface area contributed by atoms with Crippen molar-refractivity contribution in [1.82, 2.24) is 9.80 Å². The second-order valence-corrected chi connectivity index (χ2v) is 10.5. The summed E-state index contributed by atoms with van der Waals surface area (Å²) in [5.41, 5.74) is 7.86. The summed E-state index contributed by atoms with van der Waals surface area (Å²) >= 11 is 0. The van der Waals surface area contributed by atoms with Crippen molar-refractivity contribution in [1.29, 1.82) is 5.26 Å². The van der Waals surface area contributed by atoms with Crippen LogP contribution in [-0.4, -0.2) is 54.0 Å². The summed E-state index contributed by atoms with van der Waals surface area (Å²) in [7, 11) is 3.72. The van der Waals surface area contributed by atoms with Gasteiger partial charge in [-0.2, -0.15) is 5.26 Å². The molecule has 1 saturated heterocycles. The van der Waals surface area contributed by atoms with Crippen LogP contribution in [0.5, 0.6) is 23.0 Å². The fourth-order valence-corrected chi connectivity index (χ4v) is 7.44. The molecule has 184 valence electrons.